The average molecular weight is 429 g/mol. The van der Waals surface area contributed by atoms with Crippen molar-refractivity contribution in [2.24, 2.45) is 5.92 Å². The van der Waals surface area contributed by atoms with Crippen molar-refractivity contribution in [3.05, 3.63) is 18.0 Å². The number of alkyl halides is 3. The van der Waals surface area contributed by atoms with E-state index in [0.29, 0.717) is 45.4 Å². The number of morpholine rings is 1. The van der Waals surface area contributed by atoms with Crippen molar-refractivity contribution in [3.63, 3.8) is 0 Å². The molecule has 0 aliphatic carbocycles. The van der Waals surface area contributed by atoms with E-state index < -0.39 is 11.7 Å². The van der Waals surface area contributed by atoms with Gasteiger partial charge in [-0.25, -0.2) is 4.79 Å². The molecule has 0 bridgehead atoms. The molecule has 0 aromatic carbocycles. The first-order valence-electron chi connectivity index (χ1n) is 10.3. The predicted molar refractivity (Wildman–Crippen MR) is 99.5 cm³/mol. The fraction of sp³-hybridized carbons (Fsp3) is 0.737. The van der Waals surface area contributed by atoms with Crippen LogP contribution in [0.2, 0.25) is 0 Å². The largest absolute Gasteiger partial charge is 0.419 e. The molecule has 11 heteroatoms. The summed E-state index contributed by atoms with van der Waals surface area (Å²) in [6.07, 6.45) is -0.454. The topological polar surface area (TPSA) is 79.7 Å². The van der Waals surface area contributed by atoms with Crippen LogP contribution in [0.4, 0.5) is 18.0 Å². The molecule has 1 N–H and O–H groups in total. The smallest absolute Gasteiger partial charge is 0.366 e. The van der Waals surface area contributed by atoms with Crippen molar-refractivity contribution in [3.8, 4) is 0 Å². The van der Waals surface area contributed by atoms with Crippen molar-refractivity contribution in [2.45, 2.75) is 50.6 Å². The Bertz CT molecular complexity index is 791. The number of ether oxygens (including phenoxy) is 1. The number of likely N-dealkylation sites (tertiary alicyclic amines) is 2. The van der Waals surface area contributed by atoms with Gasteiger partial charge in [-0.05, 0) is 32.1 Å². The second-order valence-corrected chi connectivity index (χ2v) is 8.31. The van der Waals surface area contributed by atoms with E-state index in [1.165, 1.54) is 4.68 Å². The van der Waals surface area contributed by atoms with Crippen molar-refractivity contribution >= 4 is 11.9 Å². The van der Waals surface area contributed by atoms with Crippen LogP contribution >= 0.6 is 0 Å². The molecular formula is C19H26F3N5O3. The number of hydrogen-bond donors (Lipinski definition) is 1. The molecule has 3 fully saturated rings. The maximum absolute atomic E-state index is 12.9. The van der Waals surface area contributed by atoms with E-state index in [9.17, 15) is 22.8 Å². The van der Waals surface area contributed by atoms with Gasteiger partial charge in [0.1, 0.15) is 6.61 Å². The summed E-state index contributed by atoms with van der Waals surface area (Å²) < 4.78 is 45.4. The molecule has 4 rings (SSSR count). The molecule has 3 amide bonds. The van der Waals surface area contributed by atoms with E-state index in [1.54, 1.807) is 9.80 Å². The van der Waals surface area contributed by atoms with Crippen LogP contribution in [-0.2, 0) is 15.7 Å². The summed E-state index contributed by atoms with van der Waals surface area (Å²) in [7, 11) is 0. The lowest BCUT2D eigenvalue weighted by Gasteiger charge is -2.43. The molecule has 1 aromatic rings. The van der Waals surface area contributed by atoms with Crippen LogP contribution in [0, 0.1) is 5.92 Å². The zero-order chi connectivity index (χ0) is 21.5. The van der Waals surface area contributed by atoms with Gasteiger partial charge in [0.05, 0.1) is 29.9 Å². The predicted octanol–water partition coefficient (Wildman–Crippen LogP) is 1.88. The van der Waals surface area contributed by atoms with Crippen LogP contribution in [0.25, 0.3) is 0 Å². The Balaban J connectivity index is 1.30. The number of carbonyl (C=O) groups is 2. The third-order valence-electron chi connectivity index (χ3n) is 6.43. The number of rotatable bonds is 2. The number of piperidine rings is 2. The van der Waals surface area contributed by atoms with Crippen LogP contribution in [0.3, 0.4) is 0 Å². The summed E-state index contributed by atoms with van der Waals surface area (Å²) in [6.45, 7) is 4.05. The minimum Gasteiger partial charge on any atom is -0.366 e. The van der Waals surface area contributed by atoms with Gasteiger partial charge in [-0.15, -0.1) is 0 Å². The average Bonchev–Trinajstić information content (AvgIpc) is 3.23. The maximum atomic E-state index is 12.9. The quantitative estimate of drug-likeness (QED) is 0.779. The number of urea groups is 1. The van der Waals surface area contributed by atoms with Gasteiger partial charge >= 0.3 is 12.2 Å². The highest BCUT2D eigenvalue weighted by Crippen LogP contribution is 2.32. The van der Waals surface area contributed by atoms with E-state index in [0.717, 1.165) is 12.4 Å². The molecule has 1 unspecified atom stereocenters. The second-order valence-electron chi connectivity index (χ2n) is 8.31. The molecule has 1 aromatic heterocycles. The number of nitrogens with zero attached hydrogens (tertiary/aromatic N) is 4. The summed E-state index contributed by atoms with van der Waals surface area (Å²) in [6, 6.07) is -0.411. The van der Waals surface area contributed by atoms with Crippen LogP contribution in [0.15, 0.2) is 12.4 Å². The van der Waals surface area contributed by atoms with Gasteiger partial charge < -0.3 is 19.9 Å². The molecule has 0 radical (unpaired) electrons. The van der Waals surface area contributed by atoms with Gasteiger partial charge in [-0.3, -0.25) is 9.48 Å². The Morgan fingerprint density at radius 2 is 1.93 bits per heavy atom. The van der Waals surface area contributed by atoms with Crippen molar-refractivity contribution in [1.82, 2.24) is 24.9 Å². The molecule has 30 heavy (non-hydrogen) atoms. The molecule has 3 atom stereocenters. The number of halogens is 3. The first kappa shape index (κ1) is 21.0. The lowest BCUT2D eigenvalue weighted by Crippen LogP contribution is -2.62. The first-order chi connectivity index (χ1) is 14.2. The molecule has 166 valence electrons. The lowest BCUT2D eigenvalue weighted by atomic mass is 9.90. The minimum atomic E-state index is -4.40. The fourth-order valence-electron chi connectivity index (χ4n) is 4.57. The van der Waals surface area contributed by atoms with Gasteiger partial charge in [-0.1, -0.05) is 0 Å². The van der Waals surface area contributed by atoms with Crippen LogP contribution in [0.5, 0.6) is 0 Å². The Hall–Kier alpha value is -2.30. The first-order valence-corrected chi connectivity index (χ1v) is 10.3. The van der Waals surface area contributed by atoms with Gasteiger partial charge in [0.15, 0.2) is 0 Å². The van der Waals surface area contributed by atoms with Crippen LogP contribution in [0.1, 0.15) is 37.8 Å². The monoisotopic (exact) mass is 429 g/mol. The Morgan fingerprint density at radius 3 is 2.60 bits per heavy atom. The Labute approximate surface area is 172 Å². The summed E-state index contributed by atoms with van der Waals surface area (Å²) in [5.74, 6) is -0.0144. The van der Waals surface area contributed by atoms with E-state index in [2.05, 4.69) is 10.4 Å². The van der Waals surface area contributed by atoms with Gasteiger partial charge in [0, 0.05) is 32.4 Å². The molecule has 3 saturated heterocycles. The lowest BCUT2D eigenvalue weighted by molar-refractivity contribution is -0.140. The zero-order valence-electron chi connectivity index (χ0n) is 16.8. The van der Waals surface area contributed by atoms with Gasteiger partial charge in [0.2, 0.25) is 5.91 Å². The van der Waals surface area contributed by atoms with E-state index in [4.69, 9.17) is 4.74 Å². The highest BCUT2D eigenvalue weighted by atomic mass is 19.4. The van der Waals surface area contributed by atoms with Crippen molar-refractivity contribution in [2.75, 3.05) is 32.8 Å². The van der Waals surface area contributed by atoms with Crippen molar-refractivity contribution < 1.29 is 27.5 Å². The standard InChI is InChI=1S/C19H26F3N5O3/c1-12(27-9-14(8-23-27)19(20,21)22)13-2-5-25(6-3-13)18(29)26-7-4-16-15(10-26)24-17(28)11-30-16/h8-9,12-13,15-16H,2-7,10-11H2,1H3,(H,24,28)/t12?,15-,16+/m1/s1. The van der Waals surface area contributed by atoms with Crippen LogP contribution < -0.4 is 5.32 Å². The van der Waals surface area contributed by atoms with E-state index >= 15 is 0 Å². The molecule has 3 aliphatic heterocycles. The summed E-state index contributed by atoms with van der Waals surface area (Å²) in [5.41, 5.74) is -0.746. The number of hydrogen-bond acceptors (Lipinski definition) is 4. The van der Waals surface area contributed by atoms with E-state index in [1.807, 2.05) is 6.92 Å². The zero-order valence-corrected chi connectivity index (χ0v) is 16.8. The highest BCUT2D eigenvalue weighted by molar-refractivity contribution is 5.79. The molecule has 8 nitrogen and oxygen atoms in total. The molecular weight excluding hydrogens is 403 g/mol. The number of nitrogens with one attached hydrogen (secondary N) is 1. The molecule has 3 aliphatic rings. The van der Waals surface area contributed by atoms with E-state index in [-0.39, 0.29) is 42.7 Å². The Morgan fingerprint density at radius 1 is 1.23 bits per heavy atom. The number of aromatic nitrogens is 2. The van der Waals surface area contributed by atoms with Crippen molar-refractivity contribution in [1.29, 1.82) is 0 Å². The Kier molecular flexibility index (Phi) is 5.65. The summed E-state index contributed by atoms with van der Waals surface area (Å²) in [5, 5.41) is 6.78. The normalized spacial score (nSPS) is 26.9. The number of carbonyl (C=O) groups excluding carboxylic acids is 2. The molecule has 0 saturated carbocycles. The second kappa shape index (κ2) is 8.09. The minimum absolute atomic E-state index is 0.0472. The van der Waals surface area contributed by atoms with Crippen LogP contribution in [-0.4, -0.2) is 76.5 Å². The maximum Gasteiger partial charge on any atom is 0.419 e. The number of amides is 3. The SMILES string of the molecule is CC(C1CCN(C(=O)N2CC[C@@H]3OCC(=O)N[C@@H]3C2)CC1)n1cc(C(F)(F)F)cn1. The fourth-order valence-corrected chi connectivity index (χ4v) is 4.57. The summed E-state index contributed by atoms with van der Waals surface area (Å²) >= 11 is 0. The summed E-state index contributed by atoms with van der Waals surface area (Å²) in [4.78, 5) is 28.0. The molecule has 4 heterocycles. The van der Waals surface area contributed by atoms with Gasteiger partial charge in [-0.2, -0.15) is 18.3 Å². The molecule has 0 spiro atoms. The number of fused-ring (bicyclic) bond motifs is 1. The third kappa shape index (κ3) is 4.26. The van der Waals surface area contributed by atoms with Gasteiger partial charge in [0.25, 0.3) is 0 Å². The third-order valence-corrected chi connectivity index (χ3v) is 6.43. The highest BCUT2D eigenvalue weighted by Gasteiger charge is 2.38.